The minimum absolute atomic E-state index is 0.114. The number of aryl methyl sites for hydroxylation is 2. The quantitative estimate of drug-likeness (QED) is 0.641. The van der Waals surface area contributed by atoms with Gasteiger partial charge < -0.3 is 19.0 Å². The van der Waals surface area contributed by atoms with Gasteiger partial charge in [-0.1, -0.05) is 24.3 Å². The molecule has 1 heterocycles. The number of hydrogen-bond acceptors (Lipinski definition) is 5. The second-order valence-corrected chi connectivity index (χ2v) is 6.05. The van der Waals surface area contributed by atoms with E-state index in [1.54, 1.807) is 7.11 Å². The van der Waals surface area contributed by atoms with Gasteiger partial charge in [0.15, 0.2) is 5.76 Å². The van der Waals surface area contributed by atoms with Gasteiger partial charge >= 0.3 is 5.97 Å². The van der Waals surface area contributed by atoms with Crippen molar-refractivity contribution >= 4 is 5.97 Å². The Kier molecular flexibility index (Phi) is 5.76. The van der Waals surface area contributed by atoms with E-state index in [0.717, 1.165) is 16.8 Å². The third kappa shape index (κ3) is 4.67. The number of carboxylic acid groups (broad SMARTS) is 1. The SMILES string of the molecule is COc1ccccc1-c1nc(C)c(COc2ccc(CCC(=O)O)cc2)o1. The van der Waals surface area contributed by atoms with Gasteiger partial charge in [-0.2, -0.15) is 0 Å². The molecule has 6 heteroatoms. The molecule has 0 fully saturated rings. The Morgan fingerprint density at radius 3 is 2.59 bits per heavy atom. The summed E-state index contributed by atoms with van der Waals surface area (Å²) in [6, 6.07) is 14.9. The number of methoxy groups -OCH3 is 1. The van der Waals surface area contributed by atoms with Crippen molar-refractivity contribution in [2.45, 2.75) is 26.4 Å². The normalized spacial score (nSPS) is 10.6. The average molecular weight is 367 g/mol. The van der Waals surface area contributed by atoms with Crippen molar-refractivity contribution in [1.29, 1.82) is 0 Å². The molecule has 0 spiro atoms. The number of benzene rings is 2. The topological polar surface area (TPSA) is 81.8 Å². The lowest BCUT2D eigenvalue weighted by Gasteiger charge is -2.06. The Balaban J connectivity index is 1.66. The van der Waals surface area contributed by atoms with Crippen LogP contribution in [0.4, 0.5) is 0 Å². The van der Waals surface area contributed by atoms with Crippen molar-refractivity contribution in [2.24, 2.45) is 0 Å². The molecule has 1 aromatic heterocycles. The van der Waals surface area contributed by atoms with E-state index in [2.05, 4.69) is 4.98 Å². The van der Waals surface area contributed by atoms with Crippen LogP contribution in [0.3, 0.4) is 0 Å². The van der Waals surface area contributed by atoms with Crippen molar-refractivity contribution in [3.63, 3.8) is 0 Å². The second kappa shape index (κ2) is 8.40. The average Bonchev–Trinajstić information content (AvgIpc) is 3.06. The first-order valence-electron chi connectivity index (χ1n) is 8.60. The summed E-state index contributed by atoms with van der Waals surface area (Å²) >= 11 is 0. The van der Waals surface area contributed by atoms with Gasteiger partial charge in [0.1, 0.15) is 18.1 Å². The Hall–Kier alpha value is -3.28. The highest BCUT2D eigenvalue weighted by atomic mass is 16.5. The molecule has 3 rings (SSSR count). The number of aliphatic carboxylic acids is 1. The highest BCUT2D eigenvalue weighted by molar-refractivity contribution is 5.67. The van der Waals surface area contributed by atoms with Crippen LogP contribution in [0.1, 0.15) is 23.4 Å². The van der Waals surface area contributed by atoms with Gasteiger partial charge in [0.25, 0.3) is 0 Å². The monoisotopic (exact) mass is 367 g/mol. The molecule has 0 amide bonds. The van der Waals surface area contributed by atoms with Gasteiger partial charge in [0.05, 0.1) is 18.4 Å². The molecule has 0 aliphatic carbocycles. The lowest BCUT2D eigenvalue weighted by atomic mass is 10.1. The fourth-order valence-electron chi connectivity index (χ4n) is 2.65. The van der Waals surface area contributed by atoms with Gasteiger partial charge in [-0.25, -0.2) is 4.98 Å². The summed E-state index contributed by atoms with van der Waals surface area (Å²) in [5, 5.41) is 8.73. The molecule has 0 aliphatic rings. The molecule has 3 aromatic rings. The van der Waals surface area contributed by atoms with E-state index in [4.69, 9.17) is 19.0 Å². The summed E-state index contributed by atoms with van der Waals surface area (Å²) in [7, 11) is 1.61. The van der Waals surface area contributed by atoms with E-state index in [-0.39, 0.29) is 13.0 Å². The van der Waals surface area contributed by atoms with Crippen molar-refractivity contribution in [3.8, 4) is 23.0 Å². The third-order valence-corrected chi connectivity index (χ3v) is 4.15. The second-order valence-electron chi connectivity index (χ2n) is 6.05. The van der Waals surface area contributed by atoms with Crippen LogP contribution in [0.15, 0.2) is 52.9 Å². The smallest absolute Gasteiger partial charge is 0.303 e. The molecule has 0 saturated heterocycles. The van der Waals surface area contributed by atoms with Gasteiger partial charge in [-0.3, -0.25) is 4.79 Å². The number of carboxylic acids is 1. The van der Waals surface area contributed by atoms with Crippen LogP contribution in [0.2, 0.25) is 0 Å². The standard InChI is InChI=1S/C21H21NO5/c1-14-19(27-21(22-14)17-5-3-4-6-18(17)25-2)13-26-16-10-7-15(8-11-16)9-12-20(23)24/h3-8,10-11H,9,12-13H2,1-2H3,(H,23,24). The maximum atomic E-state index is 10.6. The molecule has 2 aromatic carbocycles. The lowest BCUT2D eigenvalue weighted by Crippen LogP contribution is -1.98. The fraction of sp³-hybridized carbons (Fsp3) is 0.238. The summed E-state index contributed by atoms with van der Waals surface area (Å²) in [6.07, 6.45) is 0.613. The van der Waals surface area contributed by atoms with Crippen molar-refractivity contribution in [1.82, 2.24) is 4.98 Å². The van der Waals surface area contributed by atoms with E-state index in [9.17, 15) is 4.79 Å². The van der Waals surface area contributed by atoms with Crippen molar-refractivity contribution in [3.05, 3.63) is 65.5 Å². The first-order valence-corrected chi connectivity index (χ1v) is 8.60. The lowest BCUT2D eigenvalue weighted by molar-refractivity contribution is -0.136. The molecule has 1 N–H and O–H groups in total. The summed E-state index contributed by atoms with van der Waals surface area (Å²) in [4.78, 5) is 15.1. The van der Waals surface area contributed by atoms with Crippen molar-refractivity contribution in [2.75, 3.05) is 7.11 Å². The highest BCUT2D eigenvalue weighted by Crippen LogP contribution is 2.30. The molecule has 0 saturated carbocycles. The molecule has 0 unspecified atom stereocenters. The number of carbonyl (C=O) groups is 1. The van der Waals surface area contributed by atoms with Crippen LogP contribution < -0.4 is 9.47 Å². The van der Waals surface area contributed by atoms with Crippen LogP contribution in [0.5, 0.6) is 11.5 Å². The van der Waals surface area contributed by atoms with Crippen LogP contribution in [0, 0.1) is 6.92 Å². The molecule has 140 valence electrons. The zero-order valence-electron chi connectivity index (χ0n) is 15.3. The number of rotatable bonds is 8. The Bertz CT molecular complexity index is 915. The van der Waals surface area contributed by atoms with Gasteiger partial charge in [0.2, 0.25) is 5.89 Å². The predicted octanol–water partition coefficient (Wildman–Crippen LogP) is 4.25. The van der Waals surface area contributed by atoms with Crippen LogP contribution >= 0.6 is 0 Å². The molecule has 0 aliphatic heterocycles. The maximum Gasteiger partial charge on any atom is 0.303 e. The Labute approximate surface area is 157 Å². The van der Waals surface area contributed by atoms with E-state index in [1.807, 2.05) is 55.5 Å². The highest BCUT2D eigenvalue weighted by Gasteiger charge is 2.15. The summed E-state index contributed by atoms with van der Waals surface area (Å²) in [6.45, 7) is 2.12. The first-order chi connectivity index (χ1) is 13.1. The van der Waals surface area contributed by atoms with E-state index >= 15 is 0 Å². The Morgan fingerprint density at radius 2 is 1.89 bits per heavy atom. The van der Waals surface area contributed by atoms with Crippen LogP contribution in [-0.4, -0.2) is 23.2 Å². The summed E-state index contributed by atoms with van der Waals surface area (Å²) in [5.74, 6) is 1.72. The van der Waals surface area contributed by atoms with Gasteiger partial charge in [-0.05, 0) is 43.2 Å². The van der Waals surface area contributed by atoms with E-state index < -0.39 is 5.97 Å². The summed E-state index contributed by atoms with van der Waals surface area (Å²) in [5.41, 5.74) is 2.50. The molecule has 0 radical (unpaired) electrons. The molecule has 0 bridgehead atoms. The number of para-hydroxylation sites is 1. The minimum atomic E-state index is -0.804. The zero-order chi connectivity index (χ0) is 19.2. The first kappa shape index (κ1) is 18.5. The molecular formula is C21H21NO5. The number of aromatic nitrogens is 1. The van der Waals surface area contributed by atoms with Gasteiger partial charge in [0, 0.05) is 6.42 Å². The number of nitrogens with zero attached hydrogens (tertiary/aromatic N) is 1. The summed E-state index contributed by atoms with van der Waals surface area (Å²) < 4.78 is 17.0. The molecule has 6 nitrogen and oxygen atoms in total. The molecule has 0 atom stereocenters. The van der Waals surface area contributed by atoms with E-state index in [1.165, 1.54) is 0 Å². The molecule has 27 heavy (non-hydrogen) atoms. The molecular weight excluding hydrogens is 346 g/mol. The van der Waals surface area contributed by atoms with Crippen LogP contribution in [-0.2, 0) is 17.8 Å². The number of oxazole rings is 1. The fourth-order valence-corrected chi connectivity index (χ4v) is 2.65. The zero-order valence-corrected chi connectivity index (χ0v) is 15.3. The predicted molar refractivity (Wildman–Crippen MR) is 100.0 cm³/mol. The minimum Gasteiger partial charge on any atom is -0.496 e. The largest absolute Gasteiger partial charge is 0.496 e. The van der Waals surface area contributed by atoms with Crippen LogP contribution in [0.25, 0.3) is 11.5 Å². The number of ether oxygens (including phenoxy) is 2. The third-order valence-electron chi connectivity index (χ3n) is 4.15. The van der Waals surface area contributed by atoms with Crippen molar-refractivity contribution < 1.29 is 23.8 Å². The number of hydrogen-bond donors (Lipinski definition) is 1. The van der Waals surface area contributed by atoms with Gasteiger partial charge in [-0.15, -0.1) is 0 Å². The Morgan fingerprint density at radius 1 is 1.15 bits per heavy atom. The maximum absolute atomic E-state index is 10.6. The van der Waals surface area contributed by atoms with E-state index in [0.29, 0.717) is 29.6 Å².